The second-order valence-electron chi connectivity index (χ2n) is 4.55. The van der Waals surface area contributed by atoms with Crippen LogP contribution in [-0.4, -0.2) is 10.9 Å². The molecule has 0 fully saturated rings. The van der Waals surface area contributed by atoms with Crippen LogP contribution in [0.3, 0.4) is 0 Å². The Kier molecular flexibility index (Phi) is 2.83. The van der Waals surface area contributed by atoms with Crippen LogP contribution in [0.2, 0.25) is 0 Å². The molecular weight excluding hydrogens is 240 g/mol. The number of benzene rings is 1. The number of furan rings is 1. The van der Waals surface area contributed by atoms with E-state index in [1.165, 1.54) is 5.56 Å². The van der Waals surface area contributed by atoms with Gasteiger partial charge in [0.1, 0.15) is 5.69 Å². The van der Waals surface area contributed by atoms with Gasteiger partial charge in [-0.05, 0) is 12.5 Å². The fourth-order valence-corrected chi connectivity index (χ4v) is 1.95. The molecule has 2 N–H and O–H groups in total. The van der Waals surface area contributed by atoms with Crippen molar-refractivity contribution in [1.82, 2.24) is 10.3 Å². The van der Waals surface area contributed by atoms with Crippen molar-refractivity contribution < 1.29 is 9.21 Å². The molecule has 0 radical (unpaired) electrons. The number of fused-ring (bicyclic) bond motifs is 1. The number of rotatable bonds is 3. The van der Waals surface area contributed by atoms with E-state index in [0.29, 0.717) is 17.8 Å². The lowest BCUT2D eigenvalue weighted by atomic mass is 10.1. The molecule has 0 saturated heterocycles. The standard InChI is InChI=1S/C15H14N2O2/c1-10-2-4-11(5-3-10)9-16-15(18)13-8-14-12(17-13)6-7-19-14/h2-8,17H,9H2,1H3,(H,16,18). The molecule has 96 valence electrons. The fourth-order valence-electron chi connectivity index (χ4n) is 1.95. The Hall–Kier alpha value is -2.49. The first kappa shape index (κ1) is 11.6. The smallest absolute Gasteiger partial charge is 0.268 e. The lowest BCUT2D eigenvalue weighted by molar-refractivity contribution is 0.0946. The average molecular weight is 254 g/mol. The zero-order chi connectivity index (χ0) is 13.2. The molecule has 0 unspecified atom stereocenters. The van der Waals surface area contributed by atoms with Crippen molar-refractivity contribution in [1.29, 1.82) is 0 Å². The van der Waals surface area contributed by atoms with Crippen LogP contribution in [0.15, 0.2) is 47.1 Å². The highest BCUT2D eigenvalue weighted by Gasteiger charge is 2.10. The normalized spacial score (nSPS) is 10.8. The first-order valence-electron chi connectivity index (χ1n) is 6.12. The number of hydrogen-bond donors (Lipinski definition) is 2. The van der Waals surface area contributed by atoms with Gasteiger partial charge in [-0.1, -0.05) is 29.8 Å². The number of carbonyl (C=O) groups is 1. The summed E-state index contributed by atoms with van der Waals surface area (Å²) in [6.07, 6.45) is 1.59. The molecule has 0 aliphatic carbocycles. The number of carbonyl (C=O) groups excluding carboxylic acids is 1. The van der Waals surface area contributed by atoms with Crippen molar-refractivity contribution in [3.63, 3.8) is 0 Å². The van der Waals surface area contributed by atoms with Gasteiger partial charge in [0.15, 0.2) is 5.58 Å². The number of nitrogens with one attached hydrogen (secondary N) is 2. The second kappa shape index (κ2) is 4.65. The van der Waals surface area contributed by atoms with Crippen molar-refractivity contribution in [3.8, 4) is 0 Å². The Bertz CT molecular complexity index is 679. The molecule has 0 aliphatic rings. The van der Waals surface area contributed by atoms with E-state index in [1.807, 2.05) is 31.2 Å². The largest absolute Gasteiger partial charge is 0.463 e. The van der Waals surface area contributed by atoms with Gasteiger partial charge in [-0.15, -0.1) is 0 Å². The Balaban J connectivity index is 1.68. The van der Waals surface area contributed by atoms with Gasteiger partial charge in [0.05, 0.1) is 11.8 Å². The Morgan fingerprint density at radius 1 is 1.26 bits per heavy atom. The number of H-pyrrole nitrogens is 1. The molecule has 0 aliphatic heterocycles. The minimum atomic E-state index is -0.132. The van der Waals surface area contributed by atoms with Crippen LogP contribution in [0, 0.1) is 6.92 Å². The van der Waals surface area contributed by atoms with E-state index in [2.05, 4.69) is 10.3 Å². The third-order valence-electron chi connectivity index (χ3n) is 3.06. The van der Waals surface area contributed by atoms with E-state index < -0.39 is 0 Å². The summed E-state index contributed by atoms with van der Waals surface area (Å²) in [7, 11) is 0. The second-order valence-corrected chi connectivity index (χ2v) is 4.55. The summed E-state index contributed by atoms with van der Waals surface area (Å²) in [6.45, 7) is 2.55. The number of aromatic amines is 1. The molecular formula is C15H14N2O2. The highest BCUT2D eigenvalue weighted by Crippen LogP contribution is 2.15. The van der Waals surface area contributed by atoms with Crippen molar-refractivity contribution in [3.05, 3.63) is 59.5 Å². The molecule has 1 amide bonds. The third kappa shape index (κ3) is 2.38. The maximum Gasteiger partial charge on any atom is 0.268 e. The molecule has 0 atom stereocenters. The summed E-state index contributed by atoms with van der Waals surface area (Å²) >= 11 is 0. The fraction of sp³-hybridized carbons (Fsp3) is 0.133. The zero-order valence-electron chi connectivity index (χ0n) is 10.6. The van der Waals surface area contributed by atoms with Crippen molar-refractivity contribution in [2.75, 3.05) is 0 Å². The summed E-state index contributed by atoms with van der Waals surface area (Å²) in [5, 5.41) is 2.87. The minimum Gasteiger partial charge on any atom is -0.463 e. The van der Waals surface area contributed by atoms with Gasteiger partial charge < -0.3 is 14.7 Å². The van der Waals surface area contributed by atoms with Gasteiger partial charge in [-0.3, -0.25) is 4.79 Å². The van der Waals surface area contributed by atoms with Crippen molar-refractivity contribution in [2.24, 2.45) is 0 Å². The quantitative estimate of drug-likeness (QED) is 0.754. The summed E-state index contributed by atoms with van der Waals surface area (Å²) in [5.41, 5.74) is 4.33. The molecule has 19 heavy (non-hydrogen) atoms. The number of aryl methyl sites for hydroxylation is 1. The maximum atomic E-state index is 12.0. The SMILES string of the molecule is Cc1ccc(CNC(=O)c2cc3occc3[nH]2)cc1. The van der Waals surface area contributed by atoms with Gasteiger partial charge in [0, 0.05) is 18.7 Å². The molecule has 4 nitrogen and oxygen atoms in total. The molecule has 2 aromatic heterocycles. The number of hydrogen-bond acceptors (Lipinski definition) is 2. The minimum absolute atomic E-state index is 0.132. The molecule has 1 aromatic carbocycles. The average Bonchev–Trinajstić information content (AvgIpc) is 2.98. The topological polar surface area (TPSA) is 58.0 Å². The van der Waals surface area contributed by atoms with Crippen LogP contribution in [0.25, 0.3) is 11.1 Å². The van der Waals surface area contributed by atoms with Crippen LogP contribution in [0.4, 0.5) is 0 Å². The molecule has 3 rings (SSSR count). The van der Waals surface area contributed by atoms with E-state index in [4.69, 9.17) is 4.42 Å². The summed E-state index contributed by atoms with van der Waals surface area (Å²) in [4.78, 5) is 15.0. The lowest BCUT2D eigenvalue weighted by Crippen LogP contribution is -2.23. The number of amides is 1. The first-order valence-corrected chi connectivity index (χ1v) is 6.12. The maximum absolute atomic E-state index is 12.0. The van der Waals surface area contributed by atoms with E-state index in [0.717, 1.165) is 11.1 Å². The summed E-state index contributed by atoms with van der Waals surface area (Å²) in [5.74, 6) is -0.132. The van der Waals surface area contributed by atoms with Gasteiger partial charge >= 0.3 is 0 Å². The van der Waals surface area contributed by atoms with E-state index in [-0.39, 0.29) is 5.91 Å². The highest BCUT2D eigenvalue weighted by atomic mass is 16.3. The van der Waals surface area contributed by atoms with E-state index >= 15 is 0 Å². The van der Waals surface area contributed by atoms with E-state index in [9.17, 15) is 4.79 Å². The van der Waals surface area contributed by atoms with Crippen molar-refractivity contribution in [2.45, 2.75) is 13.5 Å². The zero-order valence-corrected chi connectivity index (χ0v) is 10.6. The highest BCUT2D eigenvalue weighted by molar-refractivity contribution is 5.96. The Morgan fingerprint density at radius 2 is 2.05 bits per heavy atom. The van der Waals surface area contributed by atoms with E-state index in [1.54, 1.807) is 18.4 Å². The van der Waals surface area contributed by atoms with Gasteiger partial charge in [0.2, 0.25) is 0 Å². The Morgan fingerprint density at radius 3 is 2.79 bits per heavy atom. The molecule has 0 saturated carbocycles. The van der Waals surface area contributed by atoms with Crippen LogP contribution in [-0.2, 0) is 6.54 Å². The predicted octanol–water partition coefficient (Wildman–Crippen LogP) is 3.00. The number of aromatic nitrogens is 1. The summed E-state index contributed by atoms with van der Waals surface area (Å²) < 4.78 is 5.21. The monoisotopic (exact) mass is 254 g/mol. The lowest BCUT2D eigenvalue weighted by Gasteiger charge is -2.04. The Labute approximate surface area is 110 Å². The molecule has 2 heterocycles. The molecule has 4 heteroatoms. The van der Waals surface area contributed by atoms with Crippen LogP contribution < -0.4 is 5.32 Å². The first-order chi connectivity index (χ1) is 9.22. The van der Waals surface area contributed by atoms with Gasteiger partial charge in [0.25, 0.3) is 5.91 Å². The molecule has 3 aromatic rings. The third-order valence-corrected chi connectivity index (χ3v) is 3.06. The summed E-state index contributed by atoms with van der Waals surface area (Å²) in [6, 6.07) is 11.6. The predicted molar refractivity (Wildman–Crippen MR) is 72.9 cm³/mol. The van der Waals surface area contributed by atoms with Gasteiger partial charge in [-0.25, -0.2) is 0 Å². The van der Waals surface area contributed by atoms with Crippen LogP contribution >= 0.6 is 0 Å². The van der Waals surface area contributed by atoms with Crippen LogP contribution in [0.1, 0.15) is 21.6 Å². The van der Waals surface area contributed by atoms with Crippen LogP contribution in [0.5, 0.6) is 0 Å². The molecule has 0 bridgehead atoms. The van der Waals surface area contributed by atoms with Gasteiger partial charge in [-0.2, -0.15) is 0 Å². The molecule has 0 spiro atoms. The van der Waals surface area contributed by atoms with Crippen molar-refractivity contribution >= 4 is 17.0 Å².